The maximum absolute atomic E-state index is 13.3. The standard InChI is InChI=1S/C19H19FN2O4S2/c1-25-16-4-2-3-5-18(16)28(23,24)22-10-8-14(9-11-22)26-19-21-15-7-6-13(20)12-17(15)27-19/h2-7,12,14H,8-11H2,1H3. The molecular weight excluding hydrogens is 403 g/mol. The van der Waals surface area contributed by atoms with Crippen molar-refractivity contribution >= 4 is 31.6 Å². The average Bonchev–Trinajstić information content (AvgIpc) is 3.09. The first-order chi connectivity index (χ1) is 13.5. The molecule has 1 saturated heterocycles. The van der Waals surface area contributed by atoms with Crippen molar-refractivity contribution in [3.05, 3.63) is 48.3 Å². The third-order valence-corrected chi connectivity index (χ3v) is 7.53. The highest BCUT2D eigenvalue weighted by Crippen LogP contribution is 2.32. The molecule has 9 heteroatoms. The summed E-state index contributed by atoms with van der Waals surface area (Å²) in [7, 11) is -2.17. The summed E-state index contributed by atoms with van der Waals surface area (Å²) >= 11 is 1.29. The van der Waals surface area contributed by atoms with E-state index in [1.807, 2.05) is 0 Å². The van der Waals surface area contributed by atoms with Crippen molar-refractivity contribution in [3.63, 3.8) is 0 Å². The topological polar surface area (TPSA) is 68.7 Å². The van der Waals surface area contributed by atoms with Crippen molar-refractivity contribution in [2.45, 2.75) is 23.8 Å². The molecule has 1 fully saturated rings. The zero-order chi connectivity index (χ0) is 19.7. The van der Waals surface area contributed by atoms with Crippen LogP contribution in [0.5, 0.6) is 10.9 Å². The summed E-state index contributed by atoms with van der Waals surface area (Å²) in [5.41, 5.74) is 0.692. The fourth-order valence-electron chi connectivity index (χ4n) is 3.23. The molecule has 1 aliphatic heterocycles. The molecule has 4 rings (SSSR count). The number of ether oxygens (including phenoxy) is 2. The lowest BCUT2D eigenvalue weighted by Gasteiger charge is -2.31. The van der Waals surface area contributed by atoms with Gasteiger partial charge in [0.25, 0.3) is 5.19 Å². The maximum atomic E-state index is 13.3. The highest BCUT2D eigenvalue weighted by molar-refractivity contribution is 7.89. The molecule has 28 heavy (non-hydrogen) atoms. The summed E-state index contributed by atoms with van der Waals surface area (Å²) in [4.78, 5) is 4.54. The second kappa shape index (κ2) is 7.65. The molecule has 0 atom stereocenters. The van der Waals surface area contributed by atoms with Gasteiger partial charge in [0.15, 0.2) is 0 Å². The molecule has 148 valence electrons. The highest BCUT2D eigenvalue weighted by atomic mass is 32.2. The Balaban J connectivity index is 1.43. The number of thiazole rings is 1. The van der Waals surface area contributed by atoms with Crippen LogP contribution in [0.2, 0.25) is 0 Å². The van der Waals surface area contributed by atoms with Gasteiger partial charge in [0.1, 0.15) is 22.6 Å². The zero-order valence-electron chi connectivity index (χ0n) is 15.2. The Bertz CT molecular complexity index is 1090. The lowest BCUT2D eigenvalue weighted by Crippen LogP contribution is -2.41. The first-order valence-corrected chi connectivity index (χ1v) is 11.1. The van der Waals surface area contributed by atoms with Gasteiger partial charge in [-0.05, 0) is 43.2 Å². The molecule has 0 amide bonds. The van der Waals surface area contributed by atoms with E-state index in [-0.39, 0.29) is 16.8 Å². The third-order valence-electron chi connectivity index (χ3n) is 4.69. The van der Waals surface area contributed by atoms with E-state index in [9.17, 15) is 12.8 Å². The van der Waals surface area contributed by atoms with E-state index < -0.39 is 10.0 Å². The number of benzene rings is 2. The van der Waals surface area contributed by atoms with Gasteiger partial charge in [-0.15, -0.1) is 0 Å². The number of nitrogens with zero attached hydrogens (tertiary/aromatic N) is 2. The molecule has 2 aromatic carbocycles. The Morgan fingerprint density at radius 2 is 1.93 bits per heavy atom. The fraction of sp³-hybridized carbons (Fsp3) is 0.316. The van der Waals surface area contributed by atoms with Crippen LogP contribution in [0.25, 0.3) is 10.2 Å². The van der Waals surface area contributed by atoms with Gasteiger partial charge in [0.2, 0.25) is 10.0 Å². The van der Waals surface area contributed by atoms with E-state index in [1.165, 1.54) is 34.9 Å². The summed E-state index contributed by atoms with van der Waals surface area (Å²) in [5, 5.41) is 0.478. The van der Waals surface area contributed by atoms with Gasteiger partial charge in [0.05, 0.1) is 17.3 Å². The smallest absolute Gasteiger partial charge is 0.274 e. The van der Waals surface area contributed by atoms with Crippen molar-refractivity contribution in [2.24, 2.45) is 0 Å². The SMILES string of the molecule is COc1ccccc1S(=O)(=O)N1CCC(Oc2nc3ccc(F)cc3s2)CC1. The normalized spacial score (nSPS) is 16.4. The van der Waals surface area contributed by atoms with E-state index in [0.29, 0.717) is 42.4 Å². The Morgan fingerprint density at radius 1 is 1.18 bits per heavy atom. The van der Waals surface area contributed by atoms with Crippen LogP contribution in [0.3, 0.4) is 0 Å². The third kappa shape index (κ3) is 3.69. The van der Waals surface area contributed by atoms with Crippen LogP contribution in [-0.2, 0) is 10.0 Å². The van der Waals surface area contributed by atoms with E-state index in [2.05, 4.69) is 4.98 Å². The van der Waals surface area contributed by atoms with Crippen molar-refractivity contribution in [2.75, 3.05) is 20.2 Å². The van der Waals surface area contributed by atoms with Gasteiger partial charge in [-0.3, -0.25) is 0 Å². The first kappa shape index (κ1) is 19.1. The summed E-state index contributed by atoms with van der Waals surface area (Å²) in [6.07, 6.45) is 0.978. The van der Waals surface area contributed by atoms with Gasteiger partial charge < -0.3 is 9.47 Å². The number of halogens is 1. The van der Waals surface area contributed by atoms with E-state index >= 15 is 0 Å². The number of hydrogen-bond acceptors (Lipinski definition) is 6. The molecule has 3 aromatic rings. The van der Waals surface area contributed by atoms with Crippen molar-refractivity contribution < 1.29 is 22.3 Å². The molecule has 1 aliphatic rings. The van der Waals surface area contributed by atoms with Crippen molar-refractivity contribution in [1.29, 1.82) is 0 Å². The minimum absolute atomic E-state index is 0.130. The number of rotatable bonds is 5. The fourth-order valence-corrected chi connectivity index (χ4v) is 5.76. The number of aromatic nitrogens is 1. The van der Waals surface area contributed by atoms with Crippen molar-refractivity contribution in [1.82, 2.24) is 9.29 Å². The number of methoxy groups -OCH3 is 1. The zero-order valence-corrected chi connectivity index (χ0v) is 16.8. The number of piperidine rings is 1. The number of hydrogen-bond donors (Lipinski definition) is 0. The Kier molecular flexibility index (Phi) is 5.22. The van der Waals surface area contributed by atoms with Crippen LogP contribution in [0.15, 0.2) is 47.4 Å². The van der Waals surface area contributed by atoms with Crippen LogP contribution in [-0.4, -0.2) is 44.0 Å². The van der Waals surface area contributed by atoms with Crippen LogP contribution in [0.4, 0.5) is 4.39 Å². The second-order valence-electron chi connectivity index (χ2n) is 6.46. The highest BCUT2D eigenvalue weighted by Gasteiger charge is 2.32. The van der Waals surface area contributed by atoms with Crippen molar-refractivity contribution in [3.8, 4) is 10.9 Å². The lowest BCUT2D eigenvalue weighted by atomic mass is 10.1. The van der Waals surface area contributed by atoms with Crippen LogP contribution < -0.4 is 9.47 Å². The molecule has 2 heterocycles. The molecule has 1 aromatic heterocycles. The number of sulfonamides is 1. The van der Waals surface area contributed by atoms with Crippen LogP contribution in [0, 0.1) is 5.82 Å². The monoisotopic (exact) mass is 422 g/mol. The average molecular weight is 423 g/mol. The van der Waals surface area contributed by atoms with Gasteiger partial charge in [0, 0.05) is 13.1 Å². The van der Waals surface area contributed by atoms with Gasteiger partial charge >= 0.3 is 0 Å². The van der Waals surface area contributed by atoms with E-state index in [0.717, 1.165) is 4.70 Å². The van der Waals surface area contributed by atoms with Gasteiger partial charge in [-0.2, -0.15) is 4.31 Å². The minimum atomic E-state index is -3.63. The number of fused-ring (bicyclic) bond motifs is 1. The van der Waals surface area contributed by atoms with E-state index in [1.54, 1.807) is 30.3 Å². The second-order valence-corrected chi connectivity index (χ2v) is 9.36. The molecule has 0 spiro atoms. The Labute approximate surface area is 166 Å². The van der Waals surface area contributed by atoms with Gasteiger partial charge in [-0.25, -0.2) is 17.8 Å². The molecule has 0 unspecified atom stereocenters. The molecule has 0 N–H and O–H groups in total. The molecule has 0 bridgehead atoms. The summed E-state index contributed by atoms with van der Waals surface area (Å²) in [5.74, 6) is 0.0279. The van der Waals surface area contributed by atoms with Crippen LogP contribution in [0.1, 0.15) is 12.8 Å². The molecule has 6 nitrogen and oxygen atoms in total. The van der Waals surface area contributed by atoms with E-state index in [4.69, 9.17) is 9.47 Å². The summed E-state index contributed by atoms with van der Waals surface area (Å²) < 4.78 is 52.5. The van der Waals surface area contributed by atoms with Gasteiger partial charge in [-0.1, -0.05) is 23.5 Å². The first-order valence-electron chi connectivity index (χ1n) is 8.83. The Morgan fingerprint density at radius 3 is 2.68 bits per heavy atom. The quantitative estimate of drug-likeness (QED) is 0.628. The molecular formula is C19H19FN2O4S2. The lowest BCUT2D eigenvalue weighted by molar-refractivity contribution is 0.135. The summed E-state index contributed by atoms with van der Waals surface area (Å²) in [6.45, 7) is 0.704. The number of para-hydroxylation sites is 1. The molecule has 0 aliphatic carbocycles. The predicted molar refractivity (Wildman–Crippen MR) is 105 cm³/mol. The molecule has 0 saturated carbocycles. The Hall–Kier alpha value is -2.23. The predicted octanol–water partition coefficient (Wildman–Crippen LogP) is 3.68. The summed E-state index contributed by atoms with van der Waals surface area (Å²) in [6, 6.07) is 11.0. The van der Waals surface area contributed by atoms with Crippen LogP contribution >= 0.6 is 11.3 Å². The maximum Gasteiger partial charge on any atom is 0.274 e. The largest absolute Gasteiger partial charge is 0.495 e. The molecule has 0 radical (unpaired) electrons. The minimum Gasteiger partial charge on any atom is -0.495 e.